The molecule has 142 valence electrons. The molecule has 2 amide bonds. The van der Waals surface area contributed by atoms with Gasteiger partial charge in [-0.2, -0.15) is 0 Å². The van der Waals surface area contributed by atoms with Crippen molar-refractivity contribution in [3.05, 3.63) is 65.5 Å². The van der Waals surface area contributed by atoms with E-state index in [-0.39, 0.29) is 17.6 Å². The molecule has 0 bridgehead atoms. The highest BCUT2D eigenvalue weighted by molar-refractivity contribution is 6.13. The number of carbonyl (C=O) groups excluding carboxylic acids is 2. The first-order valence-electron chi connectivity index (χ1n) is 9.35. The Morgan fingerprint density at radius 2 is 1.63 bits per heavy atom. The lowest BCUT2D eigenvalue weighted by atomic mass is 10.0. The van der Waals surface area contributed by atoms with E-state index in [1.165, 1.54) is 17.7 Å². The number of hydrogen-bond donors (Lipinski definition) is 2. The lowest BCUT2D eigenvalue weighted by Gasteiger charge is -2.16. The van der Waals surface area contributed by atoms with Gasteiger partial charge in [0, 0.05) is 12.2 Å². The molecule has 5 heteroatoms. The van der Waals surface area contributed by atoms with Gasteiger partial charge < -0.3 is 10.6 Å². The Hall–Kier alpha value is -2.69. The molecule has 0 aromatic heterocycles. The van der Waals surface area contributed by atoms with Crippen LogP contribution in [0, 0.1) is 11.2 Å². The maximum atomic E-state index is 12.9. The summed E-state index contributed by atoms with van der Waals surface area (Å²) < 4.78 is 12.9. The summed E-state index contributed by atoms with van der Waals surface area (Å²) >= 11 is 0. The van der Waals surface area contributed by atoms with E-state index < -0.39 is 5.41 Å². The molecule has 0 spiro atoms. The van der Waals surface area contributed by atoms with Crippen molar-refractivity contribution in [2.24, 2.45) is 5.41 Å². The molecule has 0 saturated heterocycles. The molecular formula is C22H25FN2O2. The van der Waals surface area contributed by atoms with Crippen LogP contribution in [-0.4, -0.2) is 18.4 Å². The highest BCUT2D eigenvalue weighted by Gasteiger charge is 2.56. The first-order valence-corrected chi connectivity index (χ1v) is 9.35. The third-order valence-electron chi connectivity index (χ3n) is 5.07. The topological polar surface area (TPSA) is 58.2 Å². The molecule has 1 saturated carbocycles. The summed E-state index contributed by atoms with van der Waals surface area (Å²) in [7, 11) is 0. The highest BCUT2D eigenvalue weighted by atomic mass is 19.1. The van der Waals surface area contributed by atoms with Crippen LogP contribution in [0.1, 0.15) is 43.7 Å². The monoisotopic (exact) mass is 368 g/mol. The number of rotatable bonds is 7. The second-order valence-corrected chi connectivity index (χ2v) is 7.45. The van der Waals surface area contributed by atoms with Crippen molar-refractivity contribution in [2.45, 2.75) is 39.0 Å². The Kier molecular flexibility index (Phi) is 5.59. The fraction of sp³-hybridized carbons (Fsp3) is 0.364. The molecule has 2 aromatic rings. The standard InChI is InChI=1S/C22H25FN2O2/c1-15(2)17-5-9-19(10-6-17)25-21(27)22(12-13-22)20(26)24-14-11-16-3-7-18(23)8-4-16/h3-10,15H,11-14H2,1-2H3,(H,24,26)(H,25,27). The van der Waals surface area contributed by atoms with Crippen LogP contribution in [0.5, 0.6) is 0 Å². The second-order valence-electron chi connectivity index (χ2n) is 7.45. The molecule has 0 radical (unpaired) electrons. The molecule has 0 heterocycles. The number of hydrogen-bond acceptors (Lipinski definition) is 2. The van der Waals surface area contributed by atoms with Gasteiger partial charge in [-0.05, 0) is 60.6 Å². The van der Waals surface area contributed by atoms with Gasteiger partial charge in [-0.25, -0.2) is 4.39 Å². The summed E-state index contributed by atoms with van der Waals surface area (Å²) in [5, 5.41) is 5.71. The SMILES string of the molecule is CC(C)c1ccc(NC(=O)C2(C(=O)NCCc3ccc(F)cc3)CC2)cc1. The van der Waals surface area contributed by atoms with E-state index in [1.807, 2.05) is 24.3 Å². The largest absolute Gasteiger partial charge is 0.355 e. The number of amides is 2. The molecule has 0 unspecified atom stereocenters. The van der Waals surface area contributed by atoms with Crippen LogP contribution in [0.15, 0.2) is 48.5 Å². The zero-order chi connectivity index (χ0) is 19.4. The fourth-order valence-corrected chi connectivity index (χ4v) is 3.02. The van der Waals surface area contributed by atoms with Gasteiger partial charge in [0.2, 0.25) is 11.8 Å². The minimum atomic E-state index is -0.959. The Morgan fingerprint density at radius 1 is 1.00 bits per heavy atom. The molecule has 27 heavy (non-hydrogen) atoms. The predicted molar refractivity (Wildman–Crippen MR) is 104 cm³/mol. The van der Waals surface area contributed by atoms with Crippen LogP contribution in [0.2, 0.25) is 0 Å². The van der Waals surface area contributed by atoms with E-state index in [0.717, 1.165) is 5.56 Å². The van der Waals surface area contributed by atoms with Gasteiger partial charge in [0.15, 0.2) is 0 Å². The van der Waals surface area contributed by atoms with E-state index in [9.17, 15) is 14.0 Å². The van der Waals surface area contributed by atoms with E-state index >= 15 is 0 Å². The summed E-state index contributed by atoms with van der Waals surface area (Å²) in [5.41, 5.74) is 1.89. The predicted octanol–water partition coefficient (Wildman–Crippen LogP) is 4.03. The normalized spacial score (nSPS) is 14.7. The lowest BCUT2D eigenvalue weighted by molar-refractivity contribution is -0.134. The zero-order valence-corrected chi connectivity index (χ0v) is 15.7. The minimum Gasteiger partial charge on any atom is -0.355 e. The van der Waals surface area contributed by atoms with Gasteiger partial charge in [0.1, 0.15) is 11.2 Å². The van der Waals surface area contributed by atoms with Crippen LogP contribution in [0.4, 0.5) is 10.1 Å². The number of nitrogens with one attached hydrogen (secondary N) is 2. The third kappa shape index (κ3) is 4.54. The Bertz CT molecular complexity index is 809. The quantitative estimate of drug-likeness (QED) is 0.725. The third-order valence-corrected chi connectivity index (χ3v) is 5.07. The van der Waals surface area contributed by atoms with Crippen LogP contribution in [0.25, 0.3) is 0 Å². The summed E-state index contributed by atoms with van der Waals surface area (Å²) in [5.74, 6) is -0.339. The van der Waals surface area contributed by atoms with Crippen molar-refractivity contribution < 1.29 is 14.0 Å². The molecule has 0 atom stereocenters. The van der Waals surface area contributed by atoms with Gasteiger partial charge in [0.25, 0.3) is 0 Å². The molecule has 2 N–H and O–H groups in total. The molecular weight excluding hydrogens is 343 g/mol. The molecule has 3 rings (SSSR count). The highest BCUT2D eigenvalue weighted by Crippen LogP contribution is 2.46. The molecule has 1 fully saturated rings. The van der Waals surface area contributed by atoms with Gasteiger partial charge >= 0.3 is 0 Å². The van der Waals surface area contributed by atoms with E-state index in [0.29, 0.717) is 37.4 Å². The van der Waals surface area contributed by atoms with E-state index in [1.54, 1.807) is 12.1 Å². The molecule has 0 aliphatic heterocycles. The van der Waals surface area contributed by atoms with Crippen molar-refractivity contribution in [2.75, 3.05) is 11.9 Å². The minimum absolute atomic E-state index is 0.235. The van der Waals surface area contributed by atoms with Gasteiger partial charge in [-0.1, -0.05) is 38.1 Å². The molecule has 2 aromatic carbocycles. The van der Waals surface area contributed by atoms with Crippen LogP contribution in [0.3, 0.4) is 0 Å². The van der Waals surface area contributed by atoms with Crippen LogP contribution >= 0.6 is 0 Å². The van der Waals surface area contributed by atoms with Crippen molar-refractivity contribution in [1.82, 2.24) is 5.32 Å². The average molecular weight is 368 g/mol. The van der Waals surface area contributed by atoms with Gasteiger partial charge in [-0.3, -0.25) is 9.59 Å². The molecule has 1 aliphatic rings. The van der Waals surface area contributed by atoms with Crippen molar-refractivity contribution in [3.63, 3.8) is 0 Å². The fourth-order valence-electron chi connectivity index (χ4n) is 3.02. The first kappa shape index (κ1) is 19.1. The molecule has 4 nitrogen and oxygen atoms in total. The van der Waals surface area contributed by atoms with Crippen molar-refractivity contribution >= 4 is 17.5 Å². The number of carbonyl (C=O) groups is 2. The van der Waals surface area contributed by atoms with Gasteiger partial charge in [0.05, 0.1) is 0 Å². The maximum absolute atomic E-state index is 12.9. The van der Waals surface area contributed by atoms with E-state index in [2.05, 4.69) is 24.5 Å². The summed E-state index contributed by atoms with van der Waals surface area (Å²) in [4.78, 5) is 25.1. The number of anilines is 1. The van der Waals surface area contributed by atoms with Crippen molar-refractivity contribution in [3.8, 4) is 0 Å². The summed E-state index contributed by atoms with van der Waals surface area (Å²) in [6, 6.07) is 13.9. The van der Waals surface area contributed by atoms with E-state index in [4.69, 9.17) is 0 Å². The number of benzene rings is 2. The summed E-state index contributed by atoms with van der Waals surface area (Å²) in [6.07, 6.45) is 1.72. The number of halogens is 1. The Balaban J connectivity index is 1.53. The average Bonchev–Trinajstić information content (AvgIpc) is 3.46. The lowest BCUT2D eigenvalue weighted by Crippen LogP contribution is -2.40. The van der Waals surface area contributed by atoms with Gasteiger partial charge in [-0.15, -0.1) is 0 Å². The zero-order valence-electron chi connectivity index (χ0n) is 15.7. The van der Waals surface area contributed by atoms with Crippen LogP contribution < -0.4 is 10.6 Å². The Morgan fingerprint density at radius 3 is 2.19 bits per heavy atom. The van der Waals surface area contributed by atoms with Crippen LogP contribution in [-0.2, 0) is 16.0 Å². The second kappa shape index (κ2) is 7.91. The Labute approximate surface area is 159 Å². The van der Waals surface area contributed by atoms with Crippen molar-refractivity contribution in [1.29, 1.82) is 0 Å². The summed E-state index contributed by atoms with van der Waals surface area (Å²) in [6.45, 7) is 4.65. The first-order chi connectivity index (χ1) is 12.9. The maximum Gasteiger partial charge on any atom is 0.240 e. The molecule has 1 aliphatic carbocycles. The smallest absolute Gasteiger partial charge is 0.240 e.